The molecule has 0 heterocycles. The van der Waals surface area contributed by atoms with E-state index >= 15 is 0 Å². The molecule has 6 nitrogen and oxygen atoms in total. The zero-order chi connectivity index (χ0) is 15.8. The third-order valence-electron chi connectivity index (χ3n) is 3.89. The van der Waals surface area contributed by atoms with Gasteiger partial charge in [-0.15, -0.1) is 0 Å². The Kier molecular flexibility index (Phi) is 3.99. The molecule has 0 amide bonds. The molecule has 0 bridgehead atoms. The number of hydrogen-bond acceptors (Lipinski definition) is 4. The van der Waals surface area contributed by atoms with Gasteiger partial charge in [-0.25, -0.2) is 17.9 Å². The fourth-order valence-electron chi connectivity index (χ4n) is 2.05. The minimum Gasteiger partial charge on any atom is -0.496 e. The molecular weight excluding hydrogens is 294 g/mol. The predicted octanol–water partition coefficient (Wildman–Crippen LogP) is 1.93. The second-order valence-corrected chi connectivity index (χ2v) is 7.79. The van der Waals surface area contributed by atoms with Crippen LogP contribution in [0.1, 0.15) is 48.7 Å². The summed E-state index contributed by atoms with van der Waals surface area (Å²) in [5.74, 6) is -0.867. The van der Waals surface area contributed by atoms with Crippen molar-refractivity contribution in [2.24, 2.45) is 0 Å². The summed E-state index contributed by atoms with van der Waals surface area (Å²) in [7, 11) is -2.02. The fourth-order valence-corrected chi connectivity index (χ4v) is 3.58. The van der Waals surface area contributed by atoms with Gasteiger partial charge in [-0.05, 0) is 44.4 Å². The van der Waals surface area contributed by atoms with Crippen molar-refractivity contribution in [1.82, 2.24) is 4.72 Å². The van der Waals surface area contributed by atoms with Crippen molar-refractivity contribution in [2.75, 3.05) is 7.11 Å². The molecule has 0 radical (unpaired) electrons. The molecule has 1 aromatic rings. The molecule has 0 aromatic heterocycles. The van der Waals surface area contributed by atoms with Gasteiger partial charge in [-0.3, -0.25) is 0 Å². The number of hydrogen-bond donors (Lipinski definition) is 2. The predicted molar refractivity (Wildman–Crippen MR) is 78.1 cm³/mol. The fraction of sp³-hybridized carbons (Fsp3) is 0.500. The Hall–Kier alpha value is -1.60. The summed E-state index contributed by atoms with van der Waals surface area (Å²) in [5.41, 5.74) is 0.597. The van der Waals surface area contributed by atoms with Crippen molar-refractivity contribution in [3.63, 3.8) is 0 Å². The van der Waals surface area contributed by atoms with E-state index < -0.39 is 26.8 Å². The number of ether oxygens (including phenoxy) is 1. The molecule has 1 atom stereocenters. The number of carboxylic acid groups (broad SMARTS) is 1. The Morgan fingerprint density at radius 1 is 1.43 bits per heavy atom. The number of sulfonamides is 1. The smallest absolute Gasteiger partial charge is 0.339 e. The largest absolute Gasteiger partial charge is 0.496 e. The van der Waals surface area contributed by atoms with E-state index in [2.05, 4.69) is 4.72 Å². The Morgan fingerprint density at radius 3 is 2.52 bits per heavy atom. The lowest BCUT2D eigenvalue weighted by Gasteiger charge is -2.19. The maximum Gasteiger partial charge on any atom is 0.339 e. The van der Waals surface area contributed by atoms with Crippen LogP contribution in [0, 0.1) is 0 Å². The lowest BCUT2D eigenvalue weighted by atomic mass is 10.1. The quantitative estimate of drug-likeness (QED) is 0.837. The van der Waals surface area contributed by atoms with Crippen LogP contribution in [0.4, 0.5) is 0 Å². The number of carbonyl (C=O) groups is 1. The summed E-state index contributed by atoms with van der Waals surface area (Å²) in [5, 5.41) is 9.16. The second-order valence-electron chi connectivity index (χ2n) is 5.56. The van der Waals surface area contributed by atoms with Gasteiger partial charge in [-0.2, -0.15) is 0 Å². The van der Waals surface area contributed by atoms with Crippen LogP contribution in [-0.4, -0.2) is 31.4 Å². The van der Waals surface area contributed by atoms with Crippen LogP contribution in [0.15, 0.2) is 18.2 Å². The molecule has 0 spiro atoms. The van der Waals surface area contributed by atoms with E-state index in [9.17, 15) is 13.2 Å². The highest BCUT2D eigenvalue weighted by molar-refractivity contribution is 7.91. The highest BCUT2D eigenvalue weighted by Crippen LogP contribution is 2.42. The average molecular weight is 313 g/mol. The molecule has 2 rings (SSSR count). The van der Waals surface area contributed by atoms with Gasteiger partial charge in [-0.1, -0.05) is 6.07 Å². The number of nitrogens with one attached hydrogen (secondary N) is 1. The number of rotatable bonds is 6. The van der Waals surface area contributed by atoms with E-state index in [1.54, 1.807) is 19.9 Å². The van der Waals surface area contributed by atoms with Crippen LogP contribution in [0.25, 0.3) is 0 Å². The van der Waals surface area contributed by atoms with Crippen molar-refractivity contribution < 1.29 is 23.1 Å². The summed E-state index contributed by atoms with van der Waals surface area (Å²) in [4.78, 5) is 11.2. The molecule has 1 aliphatic carbocycles. The molecule has 1 fully saturated rings. The Balaban J connectivity index is 2.26. The molecular formula is C14H19NO5S. The summed E-state index contributed by atoms with van der Waals surface area (Å²) in [6.45, 7) is 3.40. The summed E-state index contributed by atoms with van der Waals surface area (Å²) < 4.78 is 31.3. The van der Waals surface area contributed by atoms with E-state index in [0.717, 1.165) is 0 Å². The van der Waals surface area contributed by atoms with Crippen LogP contribution in [0.3, 0.4) is 0 Å². The summed E-state index contributed by atoms with van der Waals surface area (Å²) >= 11 is 0. The van der Waals surface area contributed by atoms with Gasteiger partial charge in [0.25, 0.3) is 0 Å². The number of methoxy groups -OCH3 is 1. The van der Waals surface area contributed by atoms with Crippen LogP contribution in [0.5, 0.6) is 5.75 Å². The van der Waals surface area contributed by atoms with Gasteiger partial charge in [0.1, 0.15) is 11.3 Å². The first-order chi connectivity index (χ1) is 9.70. The van der Waals surface area contributed by atoms with Crippen LogP contribution in [0.2, 0.25) is 0 Å². The Bertz CT molecular complexity index is 664. The Morgan fingerprint density at radius 2 is 2.05 bits per heavy atom. The van der Waals surface area contributed by atoms with Crippen LogP contribution in [-0.2, 0) is 10.0 Å². The number of carboxylic acids is 1. The third-order valence-corrected chi connectivity index (χ3v) is 6.26. The molecule has 7 heteroatoms. The van der Waals surface area contributed by atoms with Gasteiger partial charge in [0.15, 0.2) is 0 Å². The first-order valence-electron chi connectivity index (χ1n) is 6.63. The minimum atomic E-state index is -3.41. The molecule has 1 aromatic carbocycles. The molecule has 2 N–H and O–H groups in total. The SMILES string of the molecule is COc1ccc([C@H](C)NS(=O)(=O)C2(C)CC2)cc1C(=O)O. The topological polar surface area (TPSA) is 92.7 Å². The molecule has 116 valence electrons. The molecule has 1 saturated carbocycles. The Labute approximate surface area is 124 Å². The summed E-state index contributed by atoms with van der Waals surface area (Å²) in [6.07, 6.45) is 1.30. The molecule has 0 saturated heterocycles. The third kappa shape index (κ3) is 3.03. The lowest BCUT2D eigenvalue weighted by Crippen LogP contribution is -2.35. The lowest BCUT2D eigenvalue weighted by molar-refractivity contribution is 0.0693. The number of aromatic carboxylic acids is 1. The van der Waals surface area contributed by atoms with E-state index in [1.807, 2.05) is 0 Å². The standard InChI is InChI=1S/C14H19NO5S/c1-9(15-21(18,19)14(2)6-7-14)10-4-5-12(20-3)11(8-10)13(16)17/h4-5,8-9,15H,6-7H2,1-3H3,(H,16,17)/t9-/m0/s1. The van der Waals surface area contributed by atoms with Gasteiger partial charge in [0.05, 0.1) is 11.9 Å². The molecule has 0 aliphatic heterocycles. The van der Waals surface area contributed by atoms with E-state index in [-0.39, 0.29) is 11.3 Å². The highest BCUT2D eigenvalue weighted by atomic mass is 32.2. The second kappa shape index (κ2) is 5.31. The first kappa shape index (κ1) is 15.8. The molecule has 0 unspecified atom stereocenters. The first-order valence-corrected chi connectivity index (χ1v) is 8.11. The zero-order valence-corrected chi connectivity index (χ0v) is 13.0. The maximum absolute atomic E-state index is 12.2. The van der Waals surface area contributed by atoms with E-state index in [1.165, 1.54) is 19.2 Å². The van der Waals surface area contributed by atoms with Crippen LogP contribution < -0.4 is 9.46 Å². The highest BCUT2D eigenvalue weighted by Gasteiger charge is 2.50. The van der Waals surface area contributed by atoms with Gasteiger partial charge in [0, 0.05) is 6.04 Å². The average Bonchev–Trinajstić information content (AvgIpc) is 3.17. The monoisotopic (exact) mass is 313 g/mol. The van der Waals surface area contributed by atoms with E-state index in [0.29, 0.717) is 18.4 Å². The van der Waals surface area contributed by atoms with Gasteiger partial charge < -0.3 is 9.84 Å². The van der Waals surface area contributed by atoms with Crippen molar-refractivity contribution >= 4 is 16.0 Å². The minimum absolute atomic E-state index is 0.0127. The summed E-state index contributed by atoms with van der Waals surface area (Å²) in [6, 6.07) is 4.12. The van der Waals surface area contributed by atoms with Gasteiger partial charge >= 0.3 is 5.97 Å². The molecule has 1 aliphatic rings. The van der Waals surface area contributed by atoms with E-state index in [4.69, 9.17) is 9.84 Å². The van der Waals surface area contributed by atoms with Crippen molar-refractivity contribution in [1.29, 1.82) is 0 Å². The number of benzene rings is 1. The van der Waals surface area contributed by atoms with Crippen molar-refractivity contribution in [3.05, 3.63) is 29.3 Å². The van der Waals surface area contributed by atoms with Crippen molar-refractivity contribution in [2.45, 2.75) is 37.5 Å². The van der Waals surface area contributed by atoms with Crippen molar-refractivity contribution in [3.8, 4) is 5.75 Å². The van der Waals surface area contributed by atoms with Crippen LogP contribution >= 0.6 is 0 Å². The maximum atomic E-state index is 12.2. The normalized spacial score (nSPS) is 18.0. The van der Waals surface area contributed by atoms with Gasteiger partial charge in [0.2, 0.25) is 10.0 Å². The zero-order valence-electron chi connectivity index (χ0n) is 12.2. The molecule has 21 heavy (non-hydrogen) atoms.